The molecule has 1 heterocycles. The van der Waals surface area contributed by atoms with Gasteiger partial charge in [-0.3, -0.25) is 14.4 Å². The van der Waals surface area contributed by atoms with E-state index in [0.29, 0.717) is 5.69 Å². The van der Waals surface area contributed by atoms with Gasteiger partial charge in [0.2, 0.25) is 0 Å². The highest BCUT2D eigenvalue weighted by Crippen LogP contribution is 2.34. The first-order valence-corrected chi connectivity index (χ1v) is 10.8. The second-order valence-electron chi connectivity index (χ2n) is 7.95. The molecule has 0 aliphatic heterocycles. The number of anilines is 1. The number of ether oxygens (including phenoxy) is 2. The summed E-state index contributed by atoms with van der Waals surface area (Å²) in [7, 11) is 0. The fourth-order valence-corrected chi connectivity index (χ4v) is 3.66. The summed E-state index contributed by atoms with van der Waals surface area (Å²) in [5.74, 6) is -1.18. The molecule has 8 nitrogen and oxygen atoms in total. The summed E-state index contributed by atoms with van der Waals surface area (Å²) >= 11 is 0. The van der Waals surface area contributed by atoms with E-state index in [1.165, 1.54) is 13.8 Å². The Labute approximate surface area is 187 Å². The predicted octanol–water partition coefficient (Wildman–Crippen LogP) is 4.14. The second kappa shape index (κ2) is 10.7. The first-order chi connectivity index (χ1) is 15.3. The first kappa shape index (κ1) is 23.2. The molecule has 0 bridgehead atoms. The summed E-state index contributed by atoms with van der Waals surface area (Å²) in [5.41, 5.74) is 4.41. The first-order valence-electron chi connectivity index (χ1n) is 10.8. The Hall–Kier alpha value is -3.42. The van der Waals surface area contributed by atoms with E-state index in [4.69, 9.17) is 9.47 Å². The molecule has 2 aromatic rings. The number of H-pyrrole nitrogens is 1. The van der Waals surface area contributed by atoms with Gasteiger partial charge in [-0.1, -0.05) is 12.1 Å². The summed E-state index contributed by atoms with van der Waals surface area (Å²) in [5, 5.41) is 2.96. The molecule has 2 N–H and O–H groups in total. The molecule has 0 spiro atoms. The van der Waals surface area contributed by atoms with Crippen LogP contribution in [-0.2, 0) is 19.1 Å². The van der Waals surface area contributed by atoms with Crippen LogP contribution in [0.2, 0.25) is 0 Å². The van der Waals surface area contributed by atoms with Crippen molar-refractivity contribution in [3.05, 3.63) is 53.1 Å². The minimum Gasteiger partial charge on any atom is -0.465 e. The van der Waals surface area contributed by atoms with Gasteiger partial charge in [0.05, 0.1) is 5.92 Å². The Morgan fingerprint density at radius 3 is 2.41 bits per heavy atom. The smallest absolute Gasteiger partial charge is 0.302 e. The average Bonchev–Trinajstić information content (AvgIpc) is 3.21. The number of carbonyl (C=O) groups excluding carboxylic acids is 3. The van der Waals surface area contributed by atoms with Crippen molar-refractivity contribution in [2.24, 2.45) is 0 Å². The lowest BCUT2D eigenvalue weighted by Crippen LogP contribution is -2.19. The van der Waals surface area contributed by atoms with Crippen LogP contribution in [0.5, 0.6) is 0 Å². The minimum atomic E-state index is -0.398. The maximum Gasteiger partial charge on any atom is 0.302 e. The zero-order valence-electron chi connectivity index (χ0n) is 18.7. The molecular weight excluding hydrogens is 410 g/mol. The molecular formula is C24H29N3O5. The molecule has 0 unspecified atom stereocenters. The van der Waals surface area contributed by atoms with Gasteiger partial charge in [-0.05, 0) is 55.9 Å². The van der Waals surface area contributed by atoms with Crippen molar-refractivity contribution in [1.82, 2.24) is 9.97 Å². The van der Waals surface area contributed by atoms with Crippen molar-refractivity contribution in [1.29, 1.82) is 0 Å². The SMILES string of the molecule is CC(=O)OCC(COC(C)=O)c1ccc(NC(=O)c2ncc(C)[nH]2)c(C2=CCCCC2)c1. The molecule has 1 amide bonds. The number of aromatic amines is 1. The van der Waals surface area contributed by atoms with Crippen LogP contribution in [0.4, 0.5) is 5.69 Å². The molecule has 1 aromatic carbocycles. The van der Waals surface area contributed by atoms with Crippen LogP contribution in [0.1, 0.15) is 72.9 Å². The number of esters is 2. The molecule has 32 heavy (non-hydrogen) atoms. The van der Waals surface area contributed by atoms with Crippen molar-refractivity contribution >= 4 is 29.1 Å². The number of rotatable bonds is 8. The standard InChI is InChI=1S/C24H29N3O5/c1-15-12-25-23(26-15)24(30)27-22-10-9-19(11-21(22)18-7-5-4-6-8-18)20(13-31-16(2)28)14-32-17(3)29/h7,9-12,20H,4-6,8,13-14H2,1-3H3,(H,25,26)(H,27,30). The van der Waals surface area contributed by atoms with Gasteiger partial charge < -0.3 is 19.8 Å². The molecule has 0 saturated carbocycles. The number of carbonyl (C=O) groups is 3. The minimum absolute atomic E-state index is 0.0957. The van der Waals surface area contributed by atoms with Crippen molar-refractivity contribution < 1.29 is 23.9 Å². The van der Waals surface area contributed by atoms with E-state index in [-0.39, 0.29) is 30.9 Å². The largest absolute Gasteiger partial charge is 0.465 e. The van der Waals surface area contributed by atoms with Gasteiger partial charge in [0.1, 0.15) is 13.2 Å². The maximum absolute atomic E-state index is 12.7. The molecule has 1 aromatic heterocycles. The Kier molecular flexibility index (Phi) is 7.81. The van der Waals surface area contributed by atoms with Gasteiger partial charge in [0, 0.05) is 37.0 Å². The third kappa shape index (κ3) is 6.29. The summed E-state index contributed by atoms with van der Waals surface area (Å²) in [6.07, 6.45) is 7.91. The van der Waals surface area contributed by atoms with E-state index in [9.17, 15) is 14.4 Å². The zero-order chi connectivity index (χ0) is 23.1. The number of hydrogen-bond acceptors (Lipinski definition) is 6. The average molecular weight is 440 g/mol. The van der Waals surface area contributed by atoms with E-state index in [2.05, 4.69) is 21.4 Å². The van der Waals surface area contributed by atoms with Crippen LogP contribution in [0, 0.1) is 6.92 Å². The Morgan fingerprint density at radius 1 is 1.12 bits per heavy atom. The topological polar surface area (TPSA) is 110 Å². The Balaban J connectivity index is 1.93. The second-order valence-corrected chi connectivity index (χ2v) is 7.95. The number of allylic oxidation sites excluding steroid dienone is 2. The van der Waals surface area contributed by atoms with Gasteiger partial charge in [0.15, 0.2) is 5.82 Å². The number of benzene rings is 1. The number of nitrogens with one attached hydrogen (secondary N) is 2. The van der Waals surface area contributed by atoms with E-state index in [1.807, 2.05) is 25.1 Å². The van der Waals surface area contributed by atoms with Crippen LogP contribution >= 0.6 is 0 Å². The predicted molar refractivity (Wildman–Crippen MR) is 120 cm³/mol. The number of imidazole rings is 1. The van der Waals surface area contributed by atoms with Gasteiger partial charge in [-0.2, -0.15) is 0 Å². The fourth-order valence-electron chi connectivity index (χ4n) is 3.66. The molecule has 3 rings (SSSR count). The number of aryl methyl sites for hydroxylation is 1. The third-order valence-electron chi connectivity index (χ3n) is 5.29. The molecule has 1 aliphatic carbocycles. The van der Waals surface area contributed by atoms with E-state index < -0.39 is 11.9 Å². The Morgan fingerprint density at radius 2 is 1.84 bits per heavy atom. The van der Waals surface area contributed by atoms with Gasteiger partial charge in [-0.25, -0.2) is 4.98 Å². The van der Waals surface area contributed by atoms with Crippen LogP contribution in [-0.4, -0.2) is 41.0 Å². The molecule has 0 saturated heterocycles. The van der Waals surface area contributed by atoms with Gasteiger partial charge in [-0.15, -0.1) is 0 Å². The number of nitrogens with zero attached hydrogens (tertiary/aromatic N) is 1. The van der Waals surface area contributed by atoms with Gasteiger partial charge >= 0.3 is 11.9 Å². The van der Waals surface area contributed by atoms with Gasteiger partial charge in [0.25, 0.3) is 5.91 Å². The van der Waals surface area contributed by atoms with Crippen molar-refractivity contribution in [3.8, 4) is 0 Å². The highest BCUT2D eigenvalue weighted by Gasteiger charge is 2.20. The number of amides is 1. The van der Waals surface area contributed by atoms with E-state index in [0.717, 1.165) is 48.1 Å². The number of hydrogen-bond donors (Lipinski definition) is 2. The molecule has 8 heteroatoms. The normalized spacial score (nSPS) is 13.4. The lowest BCUT2D eigenvalue weighted by atomic mass is 9.89. The van der Waals surface area contributed by atoms with Crippen molar-refractivity contribution in [3.63, 3.8) is 0 Å². The van der Waals surface area contributed by atoms with Crippen LogP contribution in [0.15, 0.2) is 30.5 Å². The summed E-state index contributed by atoms with van der Waals surface area (Å²) in [6, 6.07) is 5.67. The molecule has 1 aliphatic rings. The highest BCUT2D eigenvalue weighted by atomic mass is 16.5. The number of aromatic nitrogens is 2. The van der Waals surface area contributed by atoms with Crippen LogP contribution < -0.4 is 5.32 Å². The fraction of sp³-hybridized carbons (Fsp3) is 0.417. The van der Waals surface area contributed by atoms with E-state index >= 15 is 0 Å². The lowest BCUT2D eigenvalue weighted by molar-refractivity contribution is -0.144. The van der Waals surface area contributed by atoms with Crippen LogP contribution in [0.25, 0.3) is 5.57 Å². The summed E-state index contributed by atoms with van der Waals surface area (Å²) in [6.45, 7) is 4.71. The van der Waals surface area contributed by atoms with Crippen molar-refractivity contribution in [2.45, 2.75) is 52.4 Å². The summed E-state index contributed by atoms with van der Waals surface area (Å²) in [4.78, 5) is 42.4. The molecule has 0 atom stereocenters. The Bertz CT molecular complexity index is 1010. The quantitative estimate of drug-likeness (QED) is 0.598. The maximum atomic E-state index is 12.7. The highest BCUT2D eigenvalue weighted by molar-refractivity contribution is 6.03. The zero-order valence-corrected chi connectivity index (χ0v) is 18.7. The molecule has 0 radical (unpaired) electrons. The summed E-state index contributed by atoms with van der Waals surface area (Å²) < 4.78 is 10.4. The monoisotopic (exact) mass is 439 g/mol. The molecule has 0 fully saturated rings. The van der Waals surface area contributed by atoms with E-state index in [1.54, 1.807) is 6.20 Å². The van der Waals surface area contributed by atoms with Crippen LogP contribution in [0.3, 0.4) is 0 Å². The van der Waals surface area contributed by atoms with Crippen molar-refractivity contribution in [2.75, 3.05) is 18.5 Å². The third-order valence-corrected chi connectivity index (χ3v) is 5.29. The molecule has 170 valence electrons. The lowest BCUT2D eigenvalue weighted by Gasteiger charge is -2.21.